The highest BCUT2D eigenvalue weighted by molar-refractivity contribution is 6.04. The summed E-state index contributed by atoms with van der Waals surface area (Å²) in [4.78, 5) is 15.2. The van der Waals surface area contributed by atoms with E-state index in [-0.39, 0.29) is 16.7 Å². The first-order valence-corrected chi connectivity index (χ1v) is 5.79. The van der Waals surface area contributed by atoms with Crippen molar-refractivity contribution in [3.63, 3.8) is 0 Å². The van der Waals surface area contributed by atoms with E-state index in [1.54, 1.807) is 18.2 Å². The van der Waals surface area contributed by atoms with Gasteiger partial charge in [0.2, 0.25) is 0 Å². The molecule has 0 aliphatic heterocycles. The molecule has 1 atom stereocenters. The first-order chi connectivity index (χ1) is 9.80. The molecule has 8 heteroatoms. The maximum atomic E-state index is 12.2. The van der Waals surface area contributed by atoms with Crippen molar-refractivity contribution in [1.29, 1.82) is 0 Å². The van der Waals surface area contributed by atoms with Gasteiger partial charge in [0.1, 0.15) is 12.2 Å². The molecule has 1 aromatic heterocycles. The number of hydrogen-bond acceptors (Lipinski definition) is 4. The summed E-state index contributed by atoms with van der Waals surface area (Å²) in [7, 11) is 0. The monoisotopic (exact) mass is 301 g/mol. The Hall–Kier alpha value is -2.35. The SMILES string of the molecule is O=C(O)c1c(OCC(O)C(F)(F)F)cnc2ccccc12. The molecule has 1 aromatic carbocycles. The van der Waals surface area contributed by atoms with Crippen LogP contribution < -0.4 is 4.74 Å². The lowest BCUT2D eigenvalue weighted by molar-refractivity contribution is -0.210. The second-order valence-electron chi connectivity index (χ2n) is 4.19. The van der Waals surface area contributed by atoms with Crippen LogP contribution in [0.3, 0.4) is 0 Å². The highest BCUT2D eigenvalue weighted by Gasteiger charge is 2.39. The number of pyridine rings is 1. The van der Waals surface area contributed by atoms with E-state index in [1.807, 2.05) is 0 Å². The number of para-hydroxylation sites is 1. The molecule has 21 heavy (non-hydrogen) atoms. The summed E-state index contributed by atoms with van der Waals surface area (Å²) in [5, 5.41) is 18.3. The summed E-state index contributed by atoms with van der Waals surface area (Å²) < 4.78 is 41.4. The van der Waals surface area contributed by atoms with Gasteiger partial charge in [-0.2, -0.15) is 13.2 Å². The number of aliphatic hydroxyl groups is 1. The molecule has 1 heterocycles. The van der Waals surface area contributed by atoms with Crippen LogP contribution in [0, 0.1) is 0 Å². The molecule has 112 valence electrons. The van der Waals surface area contributed by atoms with Gasteiger partial charge in [-0.15, -0.1) is 0 Å². The zero-order valence-corrected chi connectivity index (χ0v) is 10.5. The largest absolute Gasteiger partial charge is 0.488 e. The van der Waals surface area contributed by atoms with E-state index >= 15 is 0 Å². The summed E-state index contributed by atoms with van der Waals surface area (Å²) in [5.41, 5.74) is 0.0774. The number of aromatic carboxylic acids is 1. The maximum absolute atomic E-state index is 12.2. The van der Waals surface area contributed by atoms with Gasteiger partial charge in [0.05, 0.1) is 11.7 Å². The van der Waals surface area contributed by atoms with Gasteiger partial charge >= 0.3 is 12.1 Å². The van der Waals surface area contributed by atoms with Crippen LogP contribution in [0.5, 0.6) is 5.75 Å². The van der Waals surface area contributed by atoms with Gasteiger partial charge in [-0.05, 0) is 6.07 Å². The van der Waals surface area contributed by atoms with Gasteiger partial charge in [0.25, 0.3) is 0 Å². The Labute approximate surface area is 116 Å². The van der Waals surface area contributed by atoms with Crippen LogP contribution in [-0.2, 0) is 0 Å². The average Bonchev–Trinajstić information content (AvgIpc) is 2.42. The highest BCUT2D eigenvalue weighted by atomic mass is 19.4. The third-order valence-electron chi connectivity index (χ3n) is 2.73. The smallest absolute Gasteiger partial charge is 0.417 e. The topological polar surface area (TPSA) is 79.7 Å². The molecule has 0 amide bonds. The van der Waals surface area contributed by atoms with Gasteiger partial charge in [-0.3, -0.25) is 4.98 Å². The van der Waals surface area contributed by atoms with Gasteiger partial charge in [-0.1, -0.05) is 18.2 Å². The number of nitrogens with zero attached hydrogens (tertiary/aromatic N) is 1. The van der Waals surface area contributed by atoms with E-state index in [1.165, 1.54) is 6.07 Å². The second kappa shape index (κ2) is 5.57. The number of halogens is 3. The number of rotatable bonds is 4. The molecule has 0 saturated heterocycles. The van der Waals surface area contributed by atoms with Crippen LogP contribution in [0.1, 0.15) is 10.4 Å². The Morgan fingerprint density at radius 1 is 1.33 bits per heavy atom. The van der Waals surface area contributed by atoms with E-state index in [9.17, 15) is 23.1 Å². The van der Waals surface area contributed by atoms with Crippen LogP contribution in [0.25, 0.3) is 10.9 Å². The van der Waals surface area contributed by atoms with Crippen molar-refractivity contribution in [2.75, 3.05) is 6.61 Å². The molecule has 0 bridgehead atoms. The molecule has 0 aliphatic rings. The van der Waals surface area contributed by atoms with E-state index in [2.05, 4.69) is 4.98 Å². The van der Waals surface area contributed by atoms with Crippen molar-refractivity contribution < 1.29 is 32.9 Å². The lowest BCUT2D eigenvalue weighted by Crippen LogP contribution is -2.34. The quantitative estimate of drug-likeness (QED) is 0.905. The molecule has 5 nitrogen and oxygen atoms in total. The number of fused-ring (bicyclic) bond motifs is 1. The molecular weight excluding hydrogens is 291 g/mol. The van der Waals surface area contributed by atoms with E-state index in [0.717, 1.165) is 6.20 Å². The Morgan fingerprint density at radius 3 is 2.62 bits per heavy atom. The summed E-state index contributed by atoms with van der Waals surface area (Å²) in [6.45, 7) is -1.11. The maximum Gasteiger partial charge on any atom is 0.417 e. The van der Waals surface area contributed by atoms with Crippen LogP contribution in [0.15, 0.2) is 30.5 Å². The number of ether oxygens (including phenoxy) is 1. The highest BCUT2D eigenvalue weighted by Crippen LogP contribution is 2.27. The third-order valence-corrected chi connectivity index (χ3v) is 2.73. The minimum Gasteiger partial charge on any atom is -0.488 e. The fourth-order valence-corrected chi connectivity index (χ4v) is 1.72. The molecule has 0 radical (unpaired) electrons. The second-order valence-corrected chi connectivity index (χ2v) is 4.19. The summed E-state index contributed by atoms with van der Waals surface area (Å²) >= 11 is 0. The van der Waals surface area contributed by atoms with Gasteiger partial charge in [-0.25, -0.2) is 4.79 Å². The summed E-state index contributed by atoms with van der Waals surface area (Å²) in [6, 6.07) is 6.26. The lowest BCUT2D eigenvalue weighted by Gasteiger charge is -2.16. The molecule has 2 aromatic rings. The van der Waals surface area contributed by atoms with E-state index in [4.69, 9.17) is 9.84 Å². The fourth-order valence-electron chi connectivity index (χ4n) is 1.72. The number of hydrogen-bond donors (Lipinski definition) is 2. The van der Waals surface area contributed by atoms with Crippen molar-refractivity contribution in [2.45, 2.75) is 12.3 Å². The van der Waals surface area contributed by atoms with Crippen molar-refractivity contribution in [3.8, 4) is 5.75 Å². The van der Waals surface area contributed by atoms with Crippen molar-refractivity contribution in [1.82, 2.24) is 4.98 Å². The number of aromatic nitrogens is 1. The Kier molecular flexibility index (Phi) is 3.99. The van der Waals surface area contributed by atoms with Gasteiger partial charge in [0.15, 0.2) is 11.9 Å². The molecule has 0 spiro atoms. The third kappa shape index (κ3) is 3.22. The predicted molar refractivity (Wildman–Crippen MR) is 66.3 cm³/mol. The number of benzene rings is 1. The molecule has 2 rings (SSSR count). The summed E-state index contributed by atoms with van der Waals surface area (Å²) in [5.74, 6) is -1.69. The Morgan fingerprint density at radius 2 is 2.00 bits per heavy atom. The van der Waals surface area contributed by atoms with Gasteiger partial charge < -0.3 is 14.9 Å². The predicted octanol–water partition coefficient (Wildman–Crippen LogP) is 2.24. The average molecular weight is 301 g/mol. The van der Waals surface area contributed by atoms with E-state index < -0.39 is 24.9 Å². The van der Waals surface area contributed by atoms with Crippen LogP contribution in [-0.4, -0.2) is 40.1 Å². The molecular formula is C13H10F3NO4. The normalized spacial score (nSPS) is 13.1. The zero-order chi connectivity index (χ0) is 15.6. The summed E-state index contributed by atoms with van der Waals surface area (Å²) in [6.07, 6.45) is -6.52. The van der Waals surface area contributed by atoms with Crippen molar-refractivity contribution in [3.05, 3.63) is 36.0 Å². The number of carboxylic acid groups (broad SMARTS) is 1. The number of aliphatic hydroxyl groups excluding tert-OH is 1. The van der Waals surface area contributed by atoms with Crippen LogP contribution >= 0.6 is 0 Å². The fraction of sp³-hybridized carbons (Fsp3) is 0.231. The van der Waals surface area contributed by atoms with Gasteiger partial charge in [0, 0.05) is 5.39 Å². The molecule has 0 saturated carbocycles. The minimum absolute atomic E-state index is 0.240. The van der Waals surface area contributed by atoms with Crippen LogP contribution in [0.4, 0.5) is 13.2 Å². The molecule has 0 fully saturated rings. The lowest BCUT2D eigenvalue weighted by atomic mass is 10.1. The van der Waals surface area contributed by atoms with Crippen molar-refractivity contribution in [2.24, 2.45) is 0 Å². The van der Waals surface area contributed by atoms with E-state index in [0.29, 0.717) is 5.52 Å². The molecule has 0 aliphatic carbocycles. The number of carboxylic acids is 1. The first kappa shape index (κ1) is 15.0. The molecule has 1 unspecified atom stereocenters. The first-order valence-electron chi connectivity index (χ1n) is 5.79. The molecule has 2 N–H and O–H groups in total. The Bertz CT molecular complexity index is 672. The number of carbonyl (C=O) groups is 1. The Balaban J connectivity index is 2.36. The standard InChI is InChI=1S/C13H10F3NO4/c14-13(15,16)10(18)6-21-9-5-17-8-4-2-1-3-7(8)11(9)12(19)20/h1-5,10,18H,6H2,(H,19,20). The number of alkyl halides is 3. The minimum atomic E-state index is -4.84. The van der Waals surface area contributed by atoms with Crippen molar-refractivity contribution >= 4 is 16.9 Å². The van der Waals surface area contributed by atoms with Crippen LogP contribution in [0.2, 0.25) is 0 Å². The zero-order valence-electron chi connectivity index (χ0n) is 10.5.